The van der Waals surface area contributed by atoms with E-state index in [9.17, 15) is 14.7 Å². The second-order valence-electron chi connectivity index (χ2n) is 10.5. The van der Waals surface area contributed by atoms with E-state index in [1.54, 1.807) is 23.1 Å². The SMILES string of the molecule is COC(=O)c1ccc2c(C(=Nc3ccc(N(Cc4ccccc4)C(=O)CCN(C)C)cc3)c3ccccc3)c(O)[nH]c2c1. The third kappa shape index (κ3) is 6.82. The first-order valence-corrected chi connectivity index (χ1v) is 14.0. The Morgan fingerprint density at radius 1 is 0.860 bits per heavy atom. The molecule has 5 aromatic rings. The van der Waals surface area contributed by atoms with Gasteiger partial charge in [0.2, 0.25) is 5.91 Å². The van der Waals surface area contributed by atoms with Gasteiger partial charge in [-0.2, -0.15) is 0 Å². The molecular weight excluding hydrogens is 540 g/mol. The van der Waals surface area contributed by atoms with E-state index in [1.165, 1.54) is 7.11 Å². The minimum absolute atomic E-state index is 0.0359. The Bertz CT molecular complexity index is 1740. The van der Waals surface area contributed by atoms with Crippen LogP contribution in [0.15, 0.2) is 108 Å². The quantitative estimate of drug-likeness (QED) is 0.150. The minimum Gasteiger partial charge on any atom is -0.494 e. The number of hydrogen-bond acceptors (Lipinski definition) is 6. The van der Waals surface area contributed by atoms with Gasteiger partial charge in [-0.15, -0.1) is 0 Å². The molecular formula is C35H34N4O4. The highest BCUT2D eigenvalue weighted by molar-refractivity contribution is 6.22. The van der Waals surface area contributed by atoms with E-state index < -0.39 is 5.97 Å². The number of amides is 1. The van der Waals surface area contributed by atoms with Crippen LogP contribution in [0.4, 0.5) is 11.4 Å². The summed E-state index contributed by atoms with van der Waals surface area (Å²) in [5.41, 5.74) is 5.32. The Kier molecular flexibility index (Phi) is 8.98. The first kappa shape index (κ1) is 29.3. The topological polar surface area (TPSA) is 98.2 Å². The molecule has 0 aliphatic carbocycles. The van der Waals surface area contributed by atoms with Crippen molar-refractivity contribution in [3.8, 4) is 5.88 Å². The van der Waals surface area contributed by atoms with E-state index in [4.69, 9.17) is 9.73 Å². The Hall–Kier alpha value is -5.21. The van der Waals surface area contributed by atoms with E-state index in [0.29, 0.717) is 52.9 Å². The summed E-state index contributed by atoms with van der Waals surface area (Å²) in [5, 5.41) is 11.8. The summed E-state index contributed by atoms with van der Waals surface area (Å²) in [4.78, 5) is 37.2. The second-order valence-corrected chi connectivity index (χ2v) is 10.5. The van der Waals surface area contributed by atoms with Crippen LogP contribution < -0.4 is 4.90 Å². The molecule has 8 heteroatoms. The Balaban J connectivity index is 1.53. The lowest BCUT2D eigenvalue weighted by Crippen LogP contribution is -2.32. The Morgan fingerprint density at radius 2 is 1.53 bits per heavy atom. The van der Waals surface area contributed by atoms with Gasteiger partial charge in [0.15, 0.2) is 5.88 Å². The fourth-order valence-electron chi connectivity index (χ4n) is 4.91. The zero-order valence-corrected chi connectivity index (χ0v) is 24.4. The number of ether oxygens (including phenoxy) is 1. The molecule has 0 spiro atoms. The van der Waals surface area contributed by atoms with E-state index in [2.05, 4.69) is 4.98 Å². The van der Waals surface area contributed by atoms with Gasteiger partial charge in [0, 0.05) is 35.1 Å². The Labute approximate surface area is 250 Å². The predicted molar refractivity (Wildman–Crippen MR) is 170 cm³/mol. The molecule has 0 saturated carbocycles. The van der Waals surface area contributed by atoms with Crippen LogP contribution in [0, 0.1) is 0 Å². The number of nitrogens with one attached hydrogen (secondary N) is 1. The number of fused-ring (bicyclic) bond motifs is 1. The number of methoxy groups -OCH3 is 1. The van der Waals surface area contributed by atoms with Crippen molar-refractivity contribution in [2.24, 2.45) is 4.99 Å². The van der Waals surface area contributed by atoms with Crippen LogP contribution >= 0.6 is 0 Å². The molecule has 4 aromatic carbocycles. The summed E-state index contributed by atoms with van der Waals surface area (Å²) < 4.78 is 4.85. The van der Waals surface area contributed by atoms with Crippen molar-refractivity contribution >= 4 is 39.9 Å². The number of aliphatic imine (C=N–C) groups is 1. The number of H-pyrrole nitrogens is 1. The molecule has 0 bridgehead atoms. The molecule has 0 saturated heterocycles. The number of carbonyl (C=O) groups is 2. The number of hydrogen-bond donors (Lipinski definition) is 2. The lowest BCUT2D eigenvalue weighted by Gasteiger charge is -2.24. The third-order valence-electron chi connectivity index (χ3n) is 7.14. The molecule has 218 valence electrons. The van der Waals surface area contributed by atoms with Crippen molar-refractivity contribution in [3.63, 3.8) is 0 Å². The normalized spacial score (nSPS) is 11.6. The van der Waals surface area contributed by atoms with Crippen LogP contribution in [0.25, 0.3) is 10.9 Å². The molecule has 2 N–H and O–H groups in total. The zero-order chi connectivity index (χ0) is 30.3. The van der Waals surface area contributed by atoms with Crippen LogP contribution in [0.2, 0.25) is 0 Å². The first-order chi connectivity index (χ1) is 20.8. The number of aromatic hydroxyl groups is 1. The monoisotopic (exact) mass is 574 g/mol. The molecule has 0 radical (unpaired) electrons. The third-order valence-corrected chi connectivity index (χ3v) is 7.14. The number of esters is 1. The number of aromatic nitrogens is 1. The molecule has 0 aliphatic heterocycles. The zero-order valence-electron chi connectivity index (χ0n) is 24.4. The summed E-state index contributed by atoms with van der Waals surface area (Å²) >= 11 is 0. The number of nitrogens with zero attached hydrogens (tertiary/aromatic N) is 3. The standard InChI is InChI=1S/C35H34N4O4/c1-38(2)21-20-31(40)39(23-24-10-6-4-7-11-24)28-17-15-27(16-18-28)36-33(25-12-8-5-9-13-25)32-29-19-14-26(35(42)43-3)22-30(29)37-34(32)41/h4-19,22,37,41H,20-21,23H2,1-3H3. The molecule has 0 atom stereocenters. The van der Waals surface area contributed by atoms with Crippen molar-refractivity contribution in [2.45, 2.75) is 13.0 Å². The Morgan fingerprint density at radius 3 is 2.19 bits per heavy atom. The number of carbonyl (C=O) groups excluding carboxylic acids is 2. The van der Waals surface area contributed by atoms with Crippen molar-refractivity contribution in [1.82, 2.24) is 9.88 Å². The fourth-order valence-corrected chi connectivity index (χ4v) is 4.91. The molecule has 43 heavy (non-hydrogen) atoms. The summed E-state index contributed by atoms with van der Waals surface area (Å²) in [5.74, 6) is -0.485. The van der Waals surface area contributed by atoms with E-state index in [0.717, 1.165) is 16.8 Å². The summed E-state index contributed by atoms with van der Waals surface area (Å²) in [6.07, 6.45) is 0.398. The van der Waals surface area contributed by atoms with Crippen molar-refractivity contribution in [1.29, 1.82) is 0 Å². The van der Waals surface area contributed by atoms with Crippen LogP contribution in [-0.2, 0) is 16.1 Å². The van der Waals surface area contributed by atoms with Gasteiger partial charge in [-0.05, 0) is 56.1 Å². The van der Waals surface area contributed by atoms with Crippen molar-refractivity contribution in [3.05, 3.63) is 125 Å². The van der Waals surface area contributed by atoms with Gasteiger partial charge in [0.1, 0.15) is 0 Å². The number of rotatable bonds is 10. The number of anilines is 1. The summed E-state index contributed by atoms with van der Waals surface area (Å²) in [6, 6.07) is 32.2. The van der Waals surface area contributed by atoms with Gasteiger partial charge >= 0.3 is 5.97 Å². The molecule has 0 aliphatic rings. The minimum atomic E-state index is -0.462. The van der Waals surface area contributed by atoms with Crippen LogP contribution in [-0.4, -0.2) is 60.3 Å². The molecule has 8 nitrogen and oxygen atoms in total. The predicted octanol–water partition coefficient (Wildman–Crippen LogP) is 6.31. The largest absolute Gasteiger partial charge is 0.494 e. The van der Waals surface area contributed by atoms with Crippen molar-refractivity contribution < 1.29 is 19.4 Å². The van der Waals surface area contributed by atoms with Crippen LogP contribution in [0.5, 0.6) is 5.88 Å². The second kappa shape index (κ2) is 13.2. The van der Waals surface area contributed by atoms with Gasteiger partial charge in [0.25, 0.3) is 0 Å². The highest BCUT2D eigenvalue weighted by atomic mass is 16.5. The number of benzene rings is 4. The summed E-state index contributed by atoms with van der Waals surface area (Å²) in [7, 11) is 5.24. The molecule has 1 aromatic heterocycles. The number of aromatic amines is 1. The molecule has 1 heterocycles. The maximum Gasteiger partial charge on any atom is 0.337 e. The van der Waals surface area contributed by atoms with E-state index in [-0.39, 0.29) is 11.8 Å². The van der Waals surface area contributed by atoms with Gasteiger partial charge in [-0.1, -0.05) is 66.7 Å². The van der Waals surface area contributed by atoms with Gasteiger partial charge in [0.05, 0.1) is 36.2 Å². The smallest absolute Gasteiger partial charge is 0.337 e. The lowest BCUT2D eigenvalue weighted by atomic mass is 10.00. The fraction of sp³-hybridized carbons (Fsp3) is 0.171. The summed E-state index contributed by atoms with van der Waals surface area (Å²) in [6.45, 7) is 1.12. The molecule has 0 unspecified atom stereocenters. The average molecular weight is 575 g/mol. The maximum absolute atomic E-state index is 13.3. The highest BCUT2D eigenvalue weighted by Gasteiger charge is 2.21. The van der Waals surface area contributed by atoms with Gasteiger partial charge in [-0.25, -0.2) is 9.79 Å². The van der Waals surface area contributed by atoms with E-state index >= 15 is 0 Å². The van der Waals surface area contributed by atoms with Crippen molar-refractivity contribution in [2.75, 3.05) is 32.6 Å². The maximum atomic E-state index is 13.3. The average Bonchev–Trinajstić information content (AvgIpc) is 3.36. The lowest BCUT2D eigenvalue weighted by molar-refractivity contribution is -0.119. The molecule has 0 fully saturated rings. The van der Waals surface area contributed by atoms with Gasteiger partial charge in [-0.3, -0.25) is 4.79 Å². The van der Waals surface area contributed by atoms with Gasteiger partial charge < -0.3 is 24.6 Å². The first-order valence-electron chi connectivity index (χ1n) is 14.0. The van der Waals surface area contributed by atoms with E-state index in [1.807, 2.05) is 104 Å². The molecule has 1 amide bonds. The van der Waals surface area contributed by atoms with Crippen LogP contribution in [0.1, 0.15) is 33.5 Å². The van der Waals surface area contributed by atoms with Crippen LogP contribution in [0.3, 0.4) is 0 Å². The molecule has 5 rings (SSSR count). The highest BCUT2D eigenvalue weighted by Crippen LogP contribution is 2.33.